The molecule has 1 atom stereocenters. The number of ether oxygens (including phenoxy) is 1. The van der Waals surface area contributed by atoms with Gasteiger partial charge >= 0.3 is 0 Å². The number of fused-ring (bicyclic) bond motifs is 1. The Balaban J connectivity index is 1.21. The van der Waals surface area contributed by atoms with Crippen LogP contribution in [-0.4, -0.2) is 11.6 Å². The summed E-state index contributed by atoms with van der Waals surface area (Å²) in [4.78, 5) is 4.39. The number of aryl methyl sites for hydroxylation is 1. The highest BCUT2D eigenvalue weighted by Crippen LogP contribution is 2.36. The molecule has 37 heavy (non-hydrogen) atoms. The van der Waals surface area contributed by atoms with Gasteiger partial charge in [-0.2, -0.15) is 0 Å². The Kier molecular flexibility index (Phi) is 11.2. The number of pyridine rings is 1. The molecule has 2 aromatic rings. The van der Waals surface area contributed by atoms with Crippen molar-refractivity contribution >= 4 is 0 Å². The van der Waals surface area contributed by atoms with Crippen LogP contribution in [0.1, 0.15) is 121 Å². The van der Waals surface area contributed by atoms with Crippen molar-refractivity contribution < 1.29 is 13.5 Å². The second-order valence-electron chi connectivity index (χ2n) is 11.6. The van der Waals surface area contributed by atoms with Gasteiger partial charge in [-0.1, -0.05) is 96.8 Å². The molecule has 0 bridgehead atoms. The van der Waals surface area contributed by atoms with E-state index in [-0.39, 0.29) is 5.56 Å². The summed E-state index contributed by atoms with van der Waals surface area (Å²) >= 11 is 0. The van der Waals surface area contributed by atoms with E-state index in [4.69, 9.17) is 4.74 Å². The highest BCUT2D eigenvalue weighted by atomic mass is 19.2. The molecule has 1 aromatic heterocycles. The maximum absolute atomic E-state index is 15.2. The first-order valence-electron chi connectivity index (χ1n) is 15.2. The fraction of sp³-hybridized carbons (Fsp3) is 0.667. The molecule has 0 aliphatic heterocycles. The number of unbranched alkanes of at least 4 members (excludes halogenated alkanes) is 9. The molecule has 0 spiro atoms. The molecular formula is C33H47F2NO. The van der Waals surface area contributed by atoms with E-state index in [0.29, 0.717) is 36.0 Å². The van der Waals surface area contributed by atoms with Crippen LogP contribution in [0.25, 0.3) is 11.3 Å². The molecule has 2 aliphatic rings. The lowest BCUT2D eigenvalue weighted by Crippen LogP contribution is -2.17. The lowest BCUT2D eigenvalue weighted by Gasteiger charge is -2.26. The fourth-order valence-electron chi connectivity index (χ4n) is 5.84. The molecule has 0 saturated heterocycles. The minimum Gasteiger partial charge on any atom is -0.492 e. The summed E-state index contributed by atoms with van der Waals surface area (Å²) in [5.41, 5.74) is 2.28. The minimum absolute atomic E-state index is 0.265. The Bertz CT molecular complexity index is 954. The minimum atomic E-state index is -0.762. The molecule has 0 amide bonds. The van der Waals surface area contributed by atoms with Crippen molar-refractivity contribution in [3.63, 3.8) is 0 Å². The normalized spacial score (nSPS) is 17.1. The first-order valence-corrected chi connectivity index (χ1v) is 15.2. The number of hydrogen-bond acceptors (Lipinski definition) is 2. The van der Waals surface area contributed by atoms with Crippen LogP contribution in [0.15, 0.2) is 24.4 Å². The first-order chi connectivity index (χ1) is 18.2. The number of halogens is 2. The Labute approximate surface area is 223 Å². The van der Waals surface area contributed by atoms with Gasteiger partial charge in [0.05, 0.1) is 18.5 Å². The molecule has 1 aromatic carbocycles. The highest BCUT2D eigenvalue weighted by Gasteiger charge is 2.26. The lowest BCUT2D eigenvalue weighted by molar-refractivity contribution is 0.304. The van der Waals surface area contributed by atoms with Gasteiger partial charge in [-0.25, -0.2) is 8.78 Å². The van der Waals surface area contributed by atoms with E-state index in [1.54, 1.807) is 12.3 Å². The van der Waals surface area contributed by atoms with Crippen LogP contribution in [0.5, 0.6) is 5.75 Å². The van der Waals surface area contributed by atoms with Crippen LogP contribution in [0.4, 0.5) is 8.78 Å². The number of aromatic nitrogens is 1. The summed E-state index contributed by atoms with van der Waals surface area (Å²) in [6, 6.07) is 5.38. The number of hydrogen-bond donors (Lipinski definition) is 0. The Morgan fingerprint density at radius 1 is 0.811 bits per heavy atom. The zero-order valence-corrected chi connectivity index (χ0v) is 23.0. The van der Waals surface area contributed by atoms with Gasteiger partial charge in [-0.15, -0.1) is 0 Å². The standard InChI is InChI=1S/C33H47F2NO/c1-2-3-4-12-21-37-28-19-20-31(36-24-28)30-23-27-18-17-26(22-29(27)32(34)33(30)35)14-11-9-7-5-6-8-10-13-25-15-16-25/h19-20,23-26H,2-18,21-22H2,1H3. The number of rotatable bonds is 17. The van der Waals surface area contributed by atoms with Crippen molar-refractivity contribution in [2.24, 2.45) is 11.8 Å². The van der Waals surface area contributed by atoms with Crippen LogP contribution in [0.3, 0.4) is 0 Å². The Hall–Kier alpha value is -1.97. The van der Waals surface area contributed by atoms with Gasteiger partial charge in [0.25, 0.3) is 0 Å². The summed E-state index contributed by atoms with van der Waals surface area (Å²) in [5.74, 6) is 0.787. The molecule has 2 nitrogen and oxygen atoms in total. The number of benzene rings is 1. The quantitative estimate of drug-likeness (QED) is 0.197. The fourth-order valence-corrected chi connectivity index (χ4v) is 5.84. The SMILES string of the molecule is CCCCCCOc1ccc(-c2cc3c(c(F)c2F)CC(CCCCCCCCCC2CC2)CC3)nc1. The van der Waals surface area contributed by atoms with Crippen molar-refractivity contribution in [2.75, 3.05) is 6.61 Å². The molecule has 1 heterocycles. The third kappa shape index (κ3) is 8.79. The lowest BCUT2D eigenvalue weighted by atomic mass is 9.80. The zero-order chi connectivity index (χ0) is 25.9. The zero-order valence-electron chi connectivity index (χ0n) is 23.0. The summed E-state index contributed by atoms with van der Waals surface area (Å²) < 4.78 is 36.0. The van der Waals surface area contributed by atoms with E-state index in [1.807, 2.05) is 12.1 Å². The van der Waals surface area contributed by atoms with Crippen LogP contribution < -0.4 is 4.74 Å². The molecule has 1 fully saturated rings. The Morgan fingerprint density at radius 3 is 2.19 bits per heavy atom. The van der Waals surface area contributed by atoms with Crippen molar-refractivity contribution in [2.45, 2.75) is 122 Å². The number of nitrogens with zero attached hydrogens (tertiary/aromatic N) is 1. The predicted octanol–water partition coefficient (Wildman–Crippen LogP) is 10.0. The van der Waals surface area contributed by atoms with E-state index in [9.17, 15) is 0 Å². The Morgan fingerprint density at radius 2 is 1.51 bits per heavy atom. The van der Waals surface area contributed by atoms with E-state index >= 15 is 8.78 Å². The van der Waals surface area contributed by atoms with Crippen molar-refractivity contribution in [1.82, 2.24) is 4.98 Å². The van der Waals surface area contributed by atoms with E-state index < -0.39 is 11.6 Å². The third-order valence-corrected chi connectivity index (χ3v) is 8.42. The molecule has 0 N–H and O–H groups in total. The summed E-state index contributed by atoms with van der Waals surface area (Å²) in [6.45, 7) is 2.84. The largest absolute Gasteiger partial charge is 0.492 e. The van der Waals surface area contributed by atoms with Gasteiger partial charge in [0.15, 0.2) is 11.6 Å². The summed E-state index contributed by atoms with van der Waals surface area (Å²) in [6.07, 6.45) is 23.6. The van der Waals surface area contributed by atoms with Crippen LogP contribution in [0.2, 0.25) is 0 Å². The summed E-state index contributed by atoms with van der Waals surface area (Å²) in [5, 5.41) is 0. The molecule has 1 unspecified atom stereocenters. The van der Waals surface area contributed by atoms with E-state index in [0.717, 1.165) is 43.6 Å². The van der Waals surface area contributed by atoms with Crippen molar-refractivity contribution in [1.29, 1.82) is 0 Å². The highest BCUT2D eigenvalue weighted by molar-refractivity contribution is 5.63. The van der Waals surface area contributed by atoms with Gasteiger partial charge in [-0.05, 0) is 66.8 Å². The van der Waals surface area contributed by atoms with E-state index in [1.165, 1.54) is 77.0 Å². The average molecular weight is 512 g/mol. The molecule has 0 radical (unpaired) electrons. The molecule has 2 aliphatic carbocycles. The van der Waals surface area contributed by atoms with Crippen molar-refractivity contribution in [3.8, 4) is 17.0 Å². The molecular weight excluding hydrogens is 464 g/mol. The molecule has 1 saturated carbocycles. The third-order valence-electron chi connectivity index (χ3n) is 8.42. The van der Waals surface area contributed by atoms with Gasteiger partial charge in [0.2, 0.25) is 0 Å². The van der Waals surface area contributed by atoms with Crippen LogP contribution in [-0.2, 0) is 12.8 Å². The molecule has 4 rings (SSSR count). The second-order valence-corrected chi connectivity index (χ2v) is 11.6. The van der Waals surface area contributed by atoms with Gasteiger partial charge < -0.3 is 4.74 Å². The van der Waals surface area contributed by atoms with Crippen LogP contribution in [0, 0.1) is 23.5 Å². The van der Waals surface area contributed by atoms with Crippen LogP contribution >= 0.6 is 0 Å². The molecule has 204 valence electrons. The summed E-state index contributed by atoms with van der Waals surface area (Å²) in [7, 11) is 0. The second kappa shape index (κ2) is 14.8. The first kappa shape index (κ1) is 28.0. The smallest absolute Gasteiger partial charge is 0.168 e. The predicted molar refractivity (Wildman–Crippen MR) is 149 cm³/mol. The van der Waals surface area contributed by atoms with Gasteiger partial charge in [0.1, 0.15) is 5.75 Å². The van der Waals surface area contributed by atoms with Gasteiger partial charge in [0, 0.05) is 5.56 Å². The molecule has 4 heteroatoms. The maximum atomic E-state index is 15.2. The van der Waals surface area contributed by atoms with E-state index in [2.05, 4.69) is 11.9 Å². The topological polar surface area (TPSA) is 22.1 Å². The maximum Gasteiger partial charge on any atom is 0.168 e. The average Bonchev–Trinajstić information content (AvgIpc) is 3.75. The van der Waals surface area contributed by atoms with Crippen molar-refractivity contribution in [3.05, 3.63) is 47.2 Å². The van der Waals surface area contributed by atoms with Gasteiger partial charge in [-0.3, -0.25) is 4.98 Å². The monoisotopic (exact) mass is 511 g/mol.